The summed E-state index contributed by atoms with van der Waals surface area (Å²) in [7, 11) is 0. The molecule has 28 heavy (non-hydrogen) atoms. The lowest BCUT2D eigenvalue weighted by molar-refractivity contribution is 0.0953. The van der Waals surface area contributed by atoms with Crippen molar-refractivity contribution in [3.05, 3.63) is 102 Å². The van der Waals surface area contributed by atoms with Gasteiger partial charge >= 0.3 is 0 Å². The minimum atomic E-state index is -0.0342. The second-order valence-electron chi connectivity index (χ2n) is 7.11. The summed E-state index contributed by atoms with van der Waals surface area (Å²) >= 11 is 0. The molecule has 0 spiro atoms. The van der Waals surface area contributed by atoms with E-state index in [1.54, 1.807) is 0 Å². The predicted octanol–water partition coefficient (Wildman–Crippen LogP) is 5.43. The molecule has 3 heteroatoms. The molecule has 3 nitrogen and oxygen atoms in total. The van der Waals surface area contributed by atoms with E-state index in [0.29, 0.717) is 12.1 Å². The Hall–Kier alpha value is -3.07. The lowest BCUT2D eigenvalue weighted by atomic mass is 9.88. The van der Waals surface area contributed by atoms with E-state index in [-0.39, 0.29) is 17.9 Å². The normalized spacial score (nSPS) is 11.8. The molecule has 0 saturated heterocycles. The highest BCUT2D eigenvalue weighted by atomic mass is 16.5. The highest BCUT2D eigenvalue weighted by Gasteiger charge is 2.15. The summed E-state index contributed by atoms with van der Waals surface area (Å²) in [6.45, 7) is 4.66. The summed E-state index contributed by atoms with van der Waals surface area (Å²) in [5, 5.41) is 3.04. The highest BCUT2D eigenvalue weighted by Crippen LogP contribution is 2.29. The molecule has 0 aromatic heterocycles. The van der Waals surface area contributed by atoms with Crippen LogP contribution in [0.5, 0.6) is 5.75 Å². The van der Waals surface area contributed by atoms with E-state index in [2.05, 4.69) is 41.7 Å². The smallest absolute Gasteiger partial charge is 0.251 e. The van der Waals surface area contributed by atoms with Crippen molar-refractivity contribution in [2.24, 2.45) is 0 Å². The molecule has 0 fully saturated rings. The number of rotatable bonds is 8. The number of carbonyl (C=O) groups excluding carboxylic acids is 1. The second-order valence-corrected chi connectivity index (χ2v) is 7.11. The standard InChI is InChI=1S/C25H27NO2/c1-19(2)28-23-15-13-21(14-16-23)24(20-9-5-3-6-10-20)17-18-26-25(27)22-11-7-4-8-12-22/h3-16,19,24H,17-18H2,1-2H3,(H,26,27)/t24-/m0/s1. The molecular weight excluding hydrogens is 346 g/mol. The first-order valence-electron chi connectivity index (χ1n) is 9.78. The van der Waals surface area contributed by atoms with Crippen molar-refractivity contribution < 1.29 is 9.53 Å². The first-order valence-corrected chi connectivity index (χ1v) is 9.78. The third-order valence-electron chi connectivity index (χ3n) is 4.61. The summed E-state index contributed by atoms with van der Waals surface area (Å²) in [5.74, 6) is 1.06. The largest absolute Gasteiger partial charge is 0.491 e. The van der Waals surface area contributed by atoms with Crippen LogP contribution in [0.2, 0.25) is 0 Å². The van der Waals surface area contributed by atoms with Gasteiger partial charge in [-0.3, -0.25) is 4.79 Å². The van der Waals surface area contributed by atoms with Gasteiger partial charge in [0.2, 0.25) is 0 Å². The molecule has 1 atom stereocenters. The van der Waals surface area contributed by atoms with E-state index in [1.807, 2.05) is 62.4 Å². The Kier molecular flexibility index (Phi) is 6.85. The van der Waals surface area contributed by atoms with Gasteiger partial charge in [0.1, 0.15) is 5.75 Å². The van der Waals surface area contributed by atoms with Crippen molar-refractivity contribution in [3.63, 3.8) is 0 Å². The molecule has 0 radical (unpaired) electrons. The van der Waals surface area contributed by atoms with Gasteiger partial charge in [0, 0.05) is 18.0 Å². The summed E-state index contributed by atoms with van der Waals surface area (Å²) in [5.41, 5.74) is 3.15. The number of hydrogen-bond donors (Lipinski definition) is 1. The maximum atomic E-state index is 12.3. The highest BCUT2D eigenvalue weighted by molar-refractivity contribution is 5.94. The van der Waals surface area contributed by atoms with Crippen molar-refractivity contribution in [3.8, 4) is 5.75 Å². The third-order valence-corrected chi connectivity index (χ3v) is 4.61. The van der Waals surface area contributed by atoms with Crippen LogP contribution in [0.15, 0.2) is 84.9 Å². The number of hydrogen-bond acceptors (Lipinski definition) is 2. The lowest BCUT2D eigenvalue weighted by Gasteiger charge is -2.19. The third kappa shape index (κ3) is 5.46. The zero-order valence-electron chi connectivity index (χ0n) is 16.5. The van der Waals surface area contributed by atoms with E-state index < -0.39 is 0 Å². The summed E-state index contributed by atoms with van der Waals surface area (Å²) < 4.78 is 5.76. The van der Waals surface area contributed by atoms with E-state index in [1.165, 1.54) is 11.1 Å². The Morgan fingerprint density at radius 3 is 2.00 bits per heavy atom. The number of ether oxygens (including phenoxy) is 1. The van der Waals surface area contributed by atoms with Crippen LogP contribution < -0.4 is 10.1 Å². The van der Waals surface area contributed by atoms with E-state index in [4.69, 9.17) is 4.74 Å². The Balaban J connectivity index is 1.70. The molecule has 0 heterocycles. The number of nitrogens with one attached hydrogen (secondary N) is 1. The fraction of sp³-hybridized carbons (Fsp3) is 0.240. The monoisotopic (exact) mass is 373 g/mol. The molecule has 144 valence electrons. The number of benzene rings is 3. The first kappa shape index (κ1) is 19.7. The molecule has 3 aromatic rings. The fourth-order valence-corrected chi connectivity index (χ4v) is 3.28. The van der Waals surface area contributed by atoms with Crippen LogP contribution in [0.4, 0.5) is 0 Å². The van der Waals surface area contributed by atoms with E-state index in [9.17, 15) is 4.79 Å². The predicted molar refractivity (Wildman–Crippen MR) is 114 cm³/mol. The van der Waals surface area contributed by atoms with Crippen LogP contribution in [0.3, 0.4) is 0 Å². The van der Waals surface area contributed by atoms with Gasteiger partial charge in [0.25, 0.3) is 5.91 Å². The Morgan fingerprint density at radius 2 is 1.39 bits per heavy atom. The van der Waals surface area contributed by atoms with Crippen LogP contribution in [-0.2, 0) is 0 Å². The minimum Gasteiger partial charge on any atom is -0.491 e. The molecule has 0 aliphatic carbocycles. The summed E-state index contributed by atoms with van der Waals surface area (Å²) in [4.78, 5) is 12.3. The van der Waals surface area contributed by atoms with Crippen molar-refractivity contribution >= 4 is 5.91 Å². The van der Waals surface area contributed by atoms with Gasteiger partial charge in [-0.2, -0.15) is 0 Å². The summed E-state index contributed by atoms with van der Waals surface area (Å²) in [6.07, 6.45) is 0.983. The van der Waals surface area contributed by atoms with E-state index >= 15 is 0 Å². The zero-order valence-corrected chi connectivity index (χ0v) is 16.5. The molecule has 0 aliphatic heterocycles. The molecule has 3 aromatic carbocycles. The average Bonchev–Trinajstić information content (AvgIpc) is 2.73. The molecular formula is C25H27NO2. The maximum absolute atomic E-state index is 12.3. The van der Waals surface area contributed by atoms with Gasteiger partial charge in [0.05, 0.1) is 6.10 Å². The number of carbonyl (C=O) groups is 1. The quantitative estimate of drug-likeness (QED) is 0.572. The van der Waals surface area contributed by atoms with Crippen molar-refractivity contribution in [2.45, 2.75) is 32.3 Å². The molecule has 0 unspecified atom stereocenters. The SMILES string of the molecule is CC(C)Oc1ccc([C@@H](CCNC(=O)c2ccccc2)c2ccccc2)cc1. The second kappa shape index (κ2) is 9.75. The van der Waals surface area contributed by atoms with Crippen molar-refractivity contribution in [2.75, 3.05) is 6.54 Å². The maximum Gasteiger partial charge on any atom is 0.251 e. The van der Waals surface area contributed by atoms with Crippen molar-refractivity contribution in [1.29, 1.82) is 0 Å². The minimum absolute atomic E-state index is 0.0342. The molecule has 1 amide bonds. The number of amides is 1. The van der Waals surface area contributed by atoms with Gasteiger partial charge in [-0.15, -0.1) is 0 Å². The van der Waals surface area contributed by atoms with E-state index in [0.717, 1.165) is 12.2 Å². The molecule has 0 aliphatic rings. The van der Waals surface area contributed by atoms with Gasteiger partial charge < -0.3 is 10.1 Å². The molecule has 0 saturated carbocycles. The van der Waals surface area contributed by atoms with Crippen LogP contribution in [0.25, 0.3) is 0 Å². The van der Waals surface area contributed by atoms with Crippen LogP contribution in [-0.4, -0.2) is 18.6 Å². The molecule has 3 rings (SSSR count). The summed E-state index contributed by atoms with van der Waals surface area (Å²) in [6, 6.07) is 28.0. The Bertz CT molecular complexity index is 858. The van der Waals surface area contributed by atoms with Crippen LogP contribution in [0, 0.1) is 0 Å². The first-order chi connectivity index (χ1) is 13.6. The van der Waals surface area contributed by atoms with Gasteiger partial charge in [-0.1, -0.05) is 60.7 Å². The zero-order chi connectivity index (χ0) is 19.8. The topological polar surface area (TPSA) is 38.3 Å². The van der Waals surface area contributed by atoms with Crippen LogP contribution in [0.1, 0.15) is 47.7 Å². The van der Waals surface area contributed by atoms with Crippen molar-refractivity contribution in [1.82, 2.24) is 5.32 Å². The molecule has 1 N–H and O–H groups in total. The lowest BCUT2D eigenvalue weighted by Crippen LogP contribution is -2.25. The van der Waals surface area contributed by atoms with Gasteiger partial charge in [0.15, 0.2) is 0 Å². The van der Waals surface area contributed by atoms with Gasteiger partial charge in [-0.05, 0) is 55.7 Å². The Morgan fingerprint density at radius 1 is 0.821 bits per heavy atom. The Labute approximate surface area is 167 Å². The van der Waals surface area contributed by atoms with Crippen LogP contribution >= 0.6 is 0 Å². The van der Waals surface area contributed by atoms with Gasteiger partial charge in [-0.25, -0.2) is 0 Å². The average molecular weight is 373 g/mol. The fourth-order valence-electron chi connectivity index (χ4n) is 3.28. The molecule has 0 bridgehead atoms.